The van der Waals surface area contributed by atoms with E-state index in [-0.39, 0.29) is 22.3 Å². The van der Waals surface area contributed by atoms with Gasteiger partial charge in [-0.25, -0.2) is 13.2 Å². The molecule has 1 aliphatic heterocycles. The Bertz CT molecular complexity index is 1410. The zero-order chi connectivity index (χ0) is 26.0. The van der Waals surface area contributed by atoms with Gasteiger partial charge in [0, 0.05) is 5.69 Å². The van der Waals surface area contributed by atoms with Crippen molar-refractivity contribution in [1.29, 1.82) is 0 Å². The third-order valence-electron chi connectivity index (χ3n) is 6.08. The summed E-state index contributed by atoms with van der Waals surface area (Å²) in [4.78, 5) is 26.2. The van der Waals surface area contributed by atoms with Crippen LogP contribution in [0.4, 0.5) is 5.69 Å². The summed E-state index contributed by atoms with van der Waals surface area (Å²) in [5, 5.41) is 10.9. The van der Waals surface area contributed by atoms with Gasteiger partial charge in [-0.1, -0.05) is 56.3 Å². The number of sulfone groups is 1. The molecule has 1 heterocycles. The van der Waals surface area contributed by atoms with Gasteiger partial charge in [0.05, 0.1) is 17.1 Å². The van der Waals surface area contributed by atoms with E-state index in [1.165, 1.54) is 41.3 Å². The molecule has 0 fully saturated rings. The predicted octanol–water partition coefficient (Wildman–Crippen LogP) is 5.32. The van der Waals surface area contributed by atoms with Gasteiger partial charge in [-0.05, 0) is 60.4 Å². The summed E-state index contributed by atoms with van der Waals surface area (Å²) in [6.45, 7) is 6.01. The summed E-state index contributed by atoms with van der Waals surface area (Å²) < 4.78 is 32.4. The Hall–Kier alpha value is -3.91. The topological polar surface area (TPSA) is 101 Å². The number of ether oxygens (including phenoxy) is 1. The molecule has 0 saturated heterocycles. The number of hydrogen-bond donors (Lipinski definition) is 1. The van der Waals surface area contributed by atoms with Crippen molar-refractivity contribution in [1.82, 2.24) is 0 Å². The molecule has 3 aromatic rings. The average Bonchev–Trinajstić information content (AvgIpc) is 3.15. The number of aliphatic hydroxyl groups is 1. The summed E-state index contributed by atoms with van der Waals surface area (Å²) in [5.41, 5.74) is 2.20. The zero-order valence-electron chi connectivity index (χ0n) is 20.2. The Balaban J connectivity index is 1.86. The number of rotatable bonds is 7. The molecular formula is C28H27NO6S. The Morgan fingerprint density at radius 3 is 2.14 bits per heavy atom. The molecule has 0 saturated carbocycles. The number of carbonyl (C=O) groups excluding carboxylic acids is 2. The number of nitrogens with zero attached hydrogens (tertiary/aromatic N) is 1. The smallest absolute Gasteiger partial charge is 0.338 e. The molecule has 8 heteroatoms. The maximum Gasteiger partial charge on any atom is 0.338 e. The number of carbonyl (C=O) groups is 2. The molecule has 0 radical (unpaired) electrons. The van der Waals surface area contributed by atoms with Crippen molar-refractivity contribution in [3.8, 4) is 0 Å². The molecular weight excluding hydrogens is 478 g/mol. The maximum absolute atomic E-state index is 13.7. The number of amides is 1. The first kappa shape index (κ1) is 25.2. The second kappa shape index (κ2) is 9.99. The minimum absolute atomic E-state index is 0.0253. The normalized spacial score (nSPS) is 16.1. The molecule has 0 aliphatic carbocycles. The lowest BCUT2D eigenvalue weighted by Crippen LogP contribution is -2.31. The summed E-state index contributed by atoms with van der Waals surface area (Å²) in [7, 11) is -4.22. The van der Waals surface area contributed by atoms with Crippen molar-refractivity contribution in [2.75, 3.05) is 11.5 Å². The fourth-order valence-electron chi connectivity index (χ4n) is 4.19. The van der Waals surface area contributed by atoms with Crippen LogP contribution in [0, 0.1) is 0 Å². The van der Waals surface area contributed by atoms with Gasteiger partial charge >= 0.3 is 5.97 Å². The second-order valence-corrected chi connectivity index (χ2v) is 10.6. The third kappa shape index (κ3) is 4.52. The van der Waals surface area contributed by atoms with Crippen LogP contribution in [0.5, 0.6) is 0 Å². The molecule has 3 aromatic carbocycles. The van der Waals surface area contributed by atoms with Gasteiger partial charge in [0.1, 0.15) is 10.9 Å². The van der Waals surface area contributed by atoms with E-state index in [9.17, 15) is 23.1 Å². The van der Waals surface area contributed by atoms with Crippen LogP contribution in [-0.4, -0.2) is 32.0 Å². The minimum Gasteiger partial charge on any atom is -0.502 e. The van der Waals surface area contributed by atoms with E-state index in [4.69, 9.17) is 4.74 Å². The molecule has 1 amide bonds. The first-order chi connectivity index (χ1) is 17.2. The second-order valence-electron chi connectivity index (χ2n) is 8.70. The van der Waals surface area contributed by atoms with Gasteiger partial charge in [-0.15, -0.1) is 0 Å². The molecule has 0 spiro atoms. The summed E-state index contributed by atoms with van der Waals surface area (Å²) >= 11 is 0. The minimum atomic E-state index is -4.22. The molecule has 1 unspecified atom stereocenters. The van der Waals surface area contributed by atoms with Crippen LogP contribution in [0.25, 0.3) is 0 Å². The van der Waals surface area contributed by atoms with Crippen LogP contribution < -0.4 is 4.90 Å². The highest BCUT2D eigenvalue weighted by atomic mass is 32.2. The first-order valence-electron chi connectivity index (χ1n) is 11.6. The van der Waals surface area contributed by atoms with Crippen molar-refractivity contribution in [3.63, 3.8) is 0 Å². The SMILES string of the molecule is CCOC(=O)c1ccc(N2C(=O)C(O)=C(S(=O)(=O)c3ccccc3)C2c2ccc(C(C)C)cc2)cc1. The highest BCUT2D eigenvalue weighted by molar-refractivity contribution is 7.95. The van der Waals surface area contributed by atoms with E-state index in [0.717, 1.165) is 5.56 Å². The van der Waals surface area contributed by atoms with E-state index in [2.05, 4.69) is 0 Å². The monoisotopic (exact) mass is 505 g/mol. The van der Waals surface area contributed by atoms with Gasteiger partial charge in [0.15, 0.2) is 5.76 Å². The van der Waals surface area contributed by atoms with Crippen LogP contribution >= 0.6 is 0 Å². The van der Waals surface area contributed by atoms with Crippen molar-refractivity contribution >= 4 is 27.4 Å². The molecule has 7 nitrogen and oxygen atoms in total. The number of anilines is 1. The van der Waals surface area contributed by atoms with E-state index in [1.54, 1.807) is 37.3 Å². The Labute approximate surface area is 210 Å². The molecule has 36 heavy (non-hydrogen) atoms. The molecule has 4 rings (SSSR count). The fourth-order valence-corrected chi connectivity index (χ4v) is 5.83. The Morgan fingerprint density at radius 2 is 1.58 bits per heavy atom. The number of hydrogen-bond acceptors (Lipinski definition) is 6. The van der Waals surface area contributed by atoms with Crippen LogP contribution in [0.3, 0.4) is 0 Å². The molecule has 186 valence electrons. The number of benzene rings is 3. The van der Waals surface area contributed by atoms with Gasteiger partial charge in [-0.2, -0.15) is 0 Å². The molecule has 1 atom stereocenters. The Morgan fingerprint density at radius 1 is 0.972 bits per heavy atom. The lowest BCUT2D eigenvalue weighted by Gasteiger charge is -2.27. The maximum atomic E-state index is 13.7. The first-order valence-corrected chi connectivity index (χ1v) is 13.1. The molecule has 0 bridgehead atoms. The van der Waals surface area contributed by atoms with Crippen LogP contribution in [0.1, 0.15) is 54.2 Å². The average molecular weight is 506 g/mol. The van der Waals surface area contributed by atoms with Crippen molar-refractivity contribution in [2.24, 2.45) is 0 Å². The zero-order valence-corrected chi connectivity index (χ0v) is 21.0. The predicted molar refractivity (Wildman–Crippen MR) is 136 cm³/mol. The third-order valence-corrected chi connectivity index (χ3v) is 7.97. The van der Waals surface area contributed by atoms with E-state index in [0.29, 0.717) is 16.8 Å². The highest BCUT2D eigenvalue weighted by Crippen LogP contribution is 2.45. The van der Waals surface area contributed by atoms with Crippen molar-refractivity contribution < 1.29 is 27.9 Å². The van der Waals surface area contributed by atoms with E-state index >= 15 is 0 Å². The van der Waals surface area contributed by atoms with Gasteiger partial charge in [-0.3, -0.25) is 9.69 Å². The van der Waals surface area contributed by atoms with Crippen molar-refractivity contribution in [3.05, 3.63) is 106 Å². The lowest BCUT2D eigenvalue weighted by atomic mass is 9.98. The molecule has 1 N–H and O–H groups in total. The summed E-state index contributed by atoms with van der Waals surface area (Å²) in [6.07, 6.45) is 0. The molecule has 0 aromatic heterocycles. The van der Waals surface area contributed by atoms with E-state index < -0.39 is 33.5 Å². The summed E-state index contributed by atoms with van der Waals surface area (Å²) in [6, 6.07) is 20.0. The van der Waals surface area contributed by atoms with Gasteiger partial charge < -0.3 is 9.84 Å². The fraction of sp³-hybridized carbons (Fsp3) is 0.214. The quantitative estimate of drug-likeness (QED) is 0.436. The number of aliphatic hydroxyl groups excluding tert-OH is 1. The highest BCUT2D eigenvalue weighted by Gasteiger charge is 2.47. The van der Waals surface area contributed by atoms with E-state index in [1.807, 2.05) is 26.0 Å². The lowest BCUT2D eigenvalue weighted by molar-refractivity contribution is -0.117. The van der Waals surface area contributed by atoms with Gasteiger partial charge in [0.25, 0.3) is 5.91 Å². The van der Waals surface area contributed by atoms with Gasteiger partial charge in [0.2, 0.25) is 9.84 Å². The van der Waals surface area contributed by atoms with Crippen molar-refractivity contribution in [2.45, 2.75) is 37.6 Å². The largest absolute Gasteiger partial charge is 0.502 e. The standard InChI is InChI=1S/C28H27NO6S/c1-4-35-28(32)21-14-16-22(17-15-21)29-24(20-12-10-19(11-13-20)18(2)3)26(25(30)27(29)31)36(33,34)23-8-6-5-7-9-23/h5-18,24,30H,4H2,1-3H3. The molecule has 1 aliphatic rings. The Kier molecular flexibility index (Phi) is 6.99. The van der Waals surface area contributed by atoms with Crippen LogP contribution in [-0.2, 0) is 19.4 Å². The number of esters is 1. The van der Waals surface area contributed by atoms with Crippen LogP contribution in [0.15, 0.2) is 94.4 Å². The van der Waals surface area contributed by atoms with Crippen LogP contribution in [0.2, 0.25) is 0 Å². The summed E-state index contributed by atoms with van der Waals surface area (Å²) in [5.74, 6) is -1.92.